The number of hydrogen-bond acceptors (Lipinski definition) is 4. The summed E-state index contributed by atoms with van der Waals surface area (Å²) in [7, 11) is -3.74. The van der Waals surface area contributed by atoms with Gasteiger partial charge in [-0.1, -0.05) is 12.1 Å². The Labute approximate surface area is 144 Å². The average molecular weight is 356 g/mol. The summed E-state index contributed by atoms with van der Waals surface area (Å²) in [6, 6.07) is 13.7. The molecule has 1 fully saturated rings. The lowest BCUT2D eigenvalue weighted by molar-refractivity contribution is -0.117. The third-order valence-corrected chi connectivity index (χ3v) is 5.33. The van der Waals surface area contributed by atoms with Gasteiger partial charge < -0.3 is 9.88 Å². The van der Waals surface area contributed by atoms with E-state index in [1.54, 1.807) is 17.0 Å². The van der Waals surface area contributed by atoms with Gasteiger partial charge in [-0.2, -0.15) is 0 Å². The minimum absolute atomic E-state index is 0.0196. The Morgan fingerprint density at radius 1 is 1.12 bits per heavy atom. The van der Waals surface area contributed by atoms with Crippen molar-refractivity contribution in [2.75, 3.05) is 11.4 Å². The van der Waals surface area contributed by atoms with Gasteiger partial charge in [0, 0.05) is 24.6 Å². The number of fused-ring (bicyclic) bond motifs is 1. The summed E-state index contributed by atoms with van der Waals surface area (Å²) in [5, 5.41) is 5.10. The van der Waals surface area contributed by atoms with Gasteiger partial charge in [0.05, 0.1) is 15.9 Å². The van der Waals surface area contributed by atoms with Crippen LogP contribution in [0.4, 0.5) is 5.69 Å². The van der Waals surface area contributed by atoms with Gasteiger partial charge in [0.1, 0.15) is 5.82 Å². The molecule has 2 aromatic carbocycles. The molecule has 2 heterocycles. The van der Waals surface area contributed by atoms with Crippen LogP contribution in [0.3, 0.4) is 0 Å². The predicted molar refractivity (Wildman–Crippen MR) is 93.6 cm³/mol. The number of hydrogen-bond donors (Lipinski definition) is 2. The van der Waals surface area contributed by atoms with Crippen molar-refractivity contribution in [1.29, 1.82) is 0 Å². The standard InChI is InChI=1S/C17H16N4O3S/c18-25(23,24)13-7-5-12(6-8-13)21-10-11(9-16(21)22)17-19-14-3-1-2-4-15(14)20-17/h1-8,11H,9-10H2,(H,19,20)(H2,18,23,24)/t11-/m0/s1. The number of aromatic nitrogens is 2. The fourth-order valence-electron chi connectivity index (χ4n) is 3.12. The molecule has 7 nitrogen and oxygen atoms in total. The van der Waals surface area contributed by atoms with Gasteiger partial charge in [0.15, 0.2) is 0 Å². The average Bonchev–Trinajstić information content (AvgIpc) is 3.17. The van der Waals surface area contributed by atoms with Crippen LogP contribution in [0.15, 0.2) is 53.4 Å². The van der Waals surface area contributed by atoms with Crippen LogP contribution in [-0.4, -0.2) is 30.8 Å². The highest BCUT2D eigenvalue weighted by Crippen LogP contribution is 2.31. The van der Waals surface area contributed by atoms with E-state index in [1.807, 2.05) is 24.3 Å². The van der Waals surface area contributed by atoms with Crippen molar-refractivity contribution >= 4 is 32.7 Å². The number of amides is 1. The van der Waals surface area contributed by atoms with Crippen molar-refractivity contribution < 1.29 is 13.2 Å². The van der Waals surface area contributed by atoms with E-state index in [9.17, 15) is 13.2 Å². The first-order chi connectivity index (χ1) is 11.9. The maximum Gasteiger partial charge on any atom is 0.238 e. The lowest BCUT2D eigenvalue weighted by Gasteiger charge is -2.16. The molecule has 1 aromatic heterocycles. The van der Waals surface area contributed by atoms with Crippen LogP contribution in [0.1, 0.15) is 18.2 Å². The zero-order valence-electron chi connectivity index (χ0n) is 13.2. The van der Waals surface area contributed by atoms with Crippen LogP contribution in [0.5, 0.6) is 0 Å². The number of para-hydroxylation sites is 2. The zero-order chi connectivity index (χ0) is 17.6. The highest BCUT2D eigenvalue weighted by atomic mass is 32.2. The monoisotopic (exact) mass is 356 g/mol. The molecular formula is C17H16N4O3S. The summed E-state index contributed by atoms with van der Waals surface area (Å²) in [6.07, 6.45) is 0.358. The number of aromatic amines is 1. The minimum atomic E-state index is -3.74. The maximum atomic E-state index is 12.4. The van der Waals surface area contributed by atoms with Crippen molar-refractivity contribution in [3.05, 3.63) is 54.4 Å². The predicted octanol–water partition coefficient (Wildman–Crippen LogP) is 1.73. The highest BCUT2D eigenvalue weighted by molar-refractivity contribution is 7.89. The van der Waals surface area contributed by atoms with Gasteiger partial charge in [-0.05, 0) is 36.4 Å². The number of benzene rings is 2. The second kappa shape index (κ2) is 5.68. The molecule has 0 unspecified atom stereocenters. The third-order valence-electron chi connectivity index (χ3n) is 4.40. The lowest BCUT2D eigenvalue weighted by Crippen LogP contribution is -2.24. The van der Waals surface area contributed by atoms with Crippen molar-refractivity contribution in [3.8, 4) is 0 Å². The van der Waals surface area contributed by atoms with Crippen LogP contribution in [-0.2, 0) is 14.8 Å². The van der Waals surface area contributed by atoms with Crippen molar-refractivity contribution in [1.82, 2.24) is 9.97 Å². The van der Waals surface area contributed by atoms with Gasteiger partial charge >= 0.3 is 0 Å². The second-order valence-corrected chi connectivity index (χ2v) is 7.64. The van der Waals surface area contributed by atoms with E-state index in [0.717, 1.165) is 16.9 Å². The first-order valence-electron chi connectivity index (χ1n) is 7.80. The van der Waals surface area contributed by atoms with E-state index in [1.165, 1.54) is 12.1 Å². The molecule has 0 aliphatic carbocycles. The molecule has 25 heavy (non-hydrogen) atoms. The highest BCUT2D eigenvalue weighted by Gasteiger charge is 2.33. The minimum Gasteiger partial charge on any atom is -0.342 e. The molecular weight excluding hydrogens is 340 g/mol. The van der Waals surface area contributed by atoms with E-state index < -0.39 is 10.0 Å². The van der Waals surface area contributed by atoms with E-state index in [-0.39, 0.29) is 16.7 Å². The van der Waals surface area contributed by atoms with E-state index in [0.29, 0.717) is 18.7 Å². The van der Waals surface area contributed by atoms with Gasteiger partial charge in [-0.25, -0.2) is 18.5 Å². The van der Waals surface area contributed by atoms with E-state index in [4.69, 9.17) is 5.14 Å². The molecule has 1 amide bonds. The zero-order valence-corrected chi connectivity index (χ0v) is 14.0. The number of carbonyl (C=O) groups is 1. The van der Waals surface area contributed by atoms with Crippen molar-refractivity contribution in [2.24, 2.45) is 5.14 Å². The second-order valence-electron chi connectivity index (χ2n) is 6.08. The molecule has 8 heteroatoms. The molecule has 1 aliphatic rings. The smallest absolute Gasteiger partial charge is 0.238 e. The number of imidazole rings is 1. The summed E-state index contributed by atoms with van der Waals surface area (Å²) in [5.74, 6) is 0.741. The number of sulfonamides is 1. The third kappa shape index (κ3) is 2.90. The topological polar surface area (TPSA) is 109 Å². The molecule has 128 valence electrons. The van der Waals surface area contributed by atoms with Crippen LogP contribution < -0.4 is 10.0 Å². The summed E-state index contributed by atoms with van der Waals surface area (Å²) in [5.41, 5.74) is 2.47. The summed E-state index contributed by atoms with van der Waals surface area (Å²) >= 11 is 0. The number of H-pyrrole nitrogens is 1. The fraction of sp³-hybridized carbons (Fsp3) is 0.176. The molecule has 1 atom stereocenters. The SMILES string of the molecule is NS(=O)(=O)c1ccc(N2C[C@@H](c3nc4ccccc4[nH]3)CC2=O)cc1. The van der Waals surface area contributed by atoms with Gasteiger partial charge in [-0.3, -0.25) is 4.79 Å². The van der Waals surface area contributed by atoms with Crippen molar-refractivity contribution in [3.63, 3.8) is 0 Å². The molecule has 0 saturated carbocycles. The fourth-order valence-corrected chi connectivity index (χ4v) is 3.64. The van der Waals surface area contributed by atoms with Gasteiger partial charge in [-0.15, -0.1) is 0 Å². The number of rotatable bonds is 3. The molecule has 1 aliphatic heterocycles. The normalized spacial score (nSPS) is 18.2. The van der Waals surface area contributed by atoms with Crippen LogP contribution in [0.2, 0.25) is 0 Å². The molecule has 1 saturated heterocycles. The Balaban J connectivity index is 1.59. The van der Waals surface area contributed by atoms with Crippen LogP contribution in [0.25, 0.3) is 11.0 Å². The van der Waals surface area contributed by atoms with E-state index in [2.05, 4.69) is 9.97 Å². The Morgan fingerprint density at radius 3 is 2.52 bits per heavy atom. The van der Waals surface area contributed by atoms with Gasteiger partial charge in [0.25, 0.3) is 0 Å². The number of carbonyl (C=O) groups excluding carboxylic acids is 1. The lowest BCUT2D eigenvalue weighted by atomic mass is 10.1. The quantitative estimate of drug-likeness (QED) is 0.745. The number of nitrogens with one attached hydrogen (secondary N) is 1. The van der Waals surface area contributed by atoms with Crippen LogP contribution >= 0.6 is 0 Å². The largest absolute Gasteiger partial charge is 0.342 e. The first kappa shape index (κ1) is 15.8. The molecule has 0 radical (unpaired) electrons. The van der Waals surface area contributed by atoms with E-state index >= 15 is 0 Å². The van der Waals surface area contributed by atoms with Crippen molar-refractivity contribution in [2.45, 2.75) is 17.2 Å². The Hall–Kier alpha value is -2.71. The maximum absolute atomic E-state index is 12.4. The van der Waals surface area contributed by atoms with Gasteiger partial charge in [0.2, 0.25) is 15.9 Å². The Morgan fingerprint density at radius 2 is 1.84 bits per heavy atom. The number of primary sulfonamides is 1. The summed E-state index contributed by atoms with van der Waals surface area (Å²) < 4.78 is 22.7. The number of nitrogens with two attached hydrogens (primary N) is 1. The number of anilines is 1. The van der Waals surface area contributed by atoms with Crippen LogP contribution in [0, 0.1) is 0 Å². The summed E-state index contributed by atoms with van der Waals surface area (Å²) in [4.78, 5) is 21.9. The Kier molecular flexibility index (Phi) is 3.59. The molecule has 0 bridgehead atoms. The Bertz CT molecular complexity index is 1020. The molecule has 0 spiro atoms. The molecule has 4 rings (SSSR count). The number of nitrogens with zero attached hydrogens (tertiary/aromatic N) is 2. The molecule has 3 aromatic rings. The first-order valence-corrected chi connectivity index (χ1v) is 9.34. The summed E-state index contributed by atoms with van der Waals surface area (Å²) in [6.45, 7) is 0.493. The molecule has 3 N–H and O–H groups in total.